The molecule has 0 amide bonds. The Hall–Kier alpha value is -1.68. The van der Waals surface area contributed by atoms with E-state index in [-0.39, 0.29) is 5.82 Å². The summed E-state index contributed by atoms with van der Waals surface area (Å²) in [5, 5.41) is 10.5. The van der Waals surface area contributed by atoms with Crippen LogP contribution >= 0.6 is 0 Å². The number of benzene rings is 1. The van der Waals surface area contributed by atoms with Gasteiger partial charge in [0, 0.05) is 11.7 Å². The van der Waals surface area contributed by atoms with Gasteiger partial charge in [-0.3, -0.25) is 5.10 Å². The van der Waals surface area contributed by atoms with Gasteiger partial charge in [0.15, 0.2) is 0 Å². The summed E-state index contributed by atoms with van der Waals surface area (Å²) in [5.74, 6) is -0.133. The van der Waals surface area contributed by atoms with E-state index < -0.39 is 0 Å². The van der Waals surface area contributed by atoms with Crippen molar-refractivity contribution in [2.45, 2.75) is 38.6 Å². The van der Waals surface area contributed by atoms with Crippen LogP contribution in [0.15, 0.2) is 24.4 Å². The molecule has 0 unspecified atom stereocenters. The van der Waals surface area contributed by atoms with E-state index >= 15 is 0 Å². The number of H-pyrrole nitrogens is 1. The minimum atomic E-state index is -0.133. The molecule has 0 spiro atoms. The van der Waals surface area contributed by atoms with Gasteiger partial charge in [-0.25, -0.2) is 4.39 Å². The summed E-state index contributed by atoms with van der Waals surface area (Å²) in [5.41, 5.74) is 4.86. The van der Waals surface area contributed by atoms with Crippen LogP contribution in [0.3, 0.4) is 0 Å². The molecule has 4 heteroatoms. The Morgan fingerprint density at radius 2 is 2.35 bits per heavy atom. The van der Waals surface area contributed by atoms with Crippen LogP contribution in [0.2, 0.25) is 0 Å². The Bertz CT molecular complexity index is 591. The van der Waals surface area contributed by atoms with Crippen molar-refractivity contribution in [1.82, 2.24) is 15.5 Å². The lowest BCUT2D eigenvalue weighted by Crippen LogP contribution is -2.21. The number of fused-ring (bicyclic) bond motifs is 1. The van der Waals surface area contributed by atoms with Crippen LogP contribution in [-0.2, 0) is 12.8 Å². The van der Waals surface area contributed by atoms with Crippen molar-refractivity contribution in [3.05, 3.63) is 52.6 Å². The smallest absolute Gasteiger partial charge is 0.123 e. The van der Waals surface area contributed by atoms with Crippen LogP contribution in [0.4, 0.5) is 4.39 Å². The molecule has 1 heterocycles. The highest BCUT2D eigenvalue weighted by atomic mass is 19.1. The molecular formula is C16H20FN3. The Labute approximate surface area is 118 Å². The van der Waals surface area contributed by atoms with Crippen LogP contribution < -0.4 is 5.32 Å². The number of rotatable bonds is 5. The maximum atomic E-state index is 13.3. The maximum absolute atomic E-state index is 13.3. The van der Waals surface area contributed by atoms with Crippen molar-refractivity contribution in [1.29, 1.82) is 0 Å². The van der Waals surface area contributed by atoms with Crippen LogP contribution in [0.5, 0.6) is 0 Å². The third-order valence-electron chi connectivity index (χ3n) is 4.13. The highest BCUT2D eigenvalue weighted by Gasteiger charge is 2.22. The highest BCUT2D eigenvalue weighted by molar-refractivity contribution is 5.34. The summed E-state index contributed by atoms with van der Waals surface area (Å²) >= 11 is 0. The number of hydrogen-bond donors (Lipinski definition) is 2. The number of aromatic amines is 1. The first-order chi connectivity index (χ1) is 9.74. The van der Waals surface area contributed by atoms with Gasteiger partial charge in [0.1, 0.15) is 5.82 Å². The lowest BCUT2D eigenvalue weighted by Gasteiger charge is -2.14. The van der Waals surface area contributed by atoms with E-state index in [1.54, 1.807) is 12.1 Å². The fourth-order valence-corrected chi connectivity index (χ4v) is 2.97. The molecule has 3 nitrogen and oxygen atoms in total. The minimum absolute atomic E-state index is 0.133. The predicted octanol–water partition coefficient (Wildman–Crippen LogP) is 3.07. The monoisotopic (exact) mass is 273 g/mol. The molecule has 2 N–H and O–H groups in total. The normalized spacial score (nSPS) is 17.4. The molecule has 0 fully saturated rings. The molecule has 1 aromatic carbocycles. The van der Waals surface area contributed by atoms with Gasteiger partial charge in [-0.2, -0.15) is 5.10 Å². The lowest BCUT2D eigenvalue weighted by atomic mass is 10.1. The first-order valence-electron chi connectivity index (χ1n) is 7.24. The van der Waals surface area contributed by atoms with Gasteiger partial charge in [-0.15, -0.1) is 0 Å². The molecule has 0 radical (unpaired) electrons. The van der Waals surface area contributed by atoms with Crippen molar-refractivity contribution >= 4 is 0 Å². The number of aryl methyl sites for hydroxylation is 3. The van der Waals surface area contributed by atoms with Gasteiger partial charge in [0.25, 0.3) is 0 Å². The molecule has 1 aliphatic rings. The second-order valence-electron chi connectivity index (χ2n) is 5.51. The van der Waals surface area contributed by atoms with Gasteiger partial charge in [0.2, 0.25) is 0 Å². The fourth-order valence-electron chi connectivity index (χ4n) is 2.97. The van der Waals surface area contributed by atoms with Crippen molar-refractivity contribution in [3.8, 4) is 0 Å². The van der Waals surface area contributed by atoms with E-state index in [9.17, 15) is 4.39 Å². The van der Waals surface area contributed by atoms with Crippen molar-refractivity contribution in [3.63, 3.8) is 0 Å². The average molecular weight is 273 g/mol. The number of aromatic nitrogens is 2. The Morgan fingerprint density at radius 3 is 3.15 bits per heavy atom. The fraction of sp³-hybridized carbons (Fsp3) is 0.438. The molecule has 0 saturated carbocycles. The van der Waals surface area contributed by atoms with Gasteiger partial charge >= 0.3 is 0 Å². The summed E-state index contributed by atoms with van der Waals surface area (Å²) in [6, 6.07) is 5.47. The third kappa shape index (κ3) is 2.75. The van der Waals surface area contributed by atoms with Gasteiger partial charge in [0.05, 0.1) is 6.20 Å². The second kappa shape index (κ2) is 5.75. The second-order valence-corrected chi connectivity index (χ2v) is 5.51. The first kappa shape index (κ1) is 13.3. The molecular weight excluding hydrogens is 253 g/mol. The van der Waals surface area contributed by atoms with Crippen LogP contribution in [0.1, 0.15) is 41.3 Å². The van der Waals surface area contributed by atoms with E-state index in [0.29, 0.717) is 6.04 Å². The zero-order chi connectivity index (χ0) is 13.9. The molecule has 0 bridgehead atoms. The van der Waals surface area contributed by atoms with Crippen LogP contribution in [-0.4, -0.2) is 16.7 Å². The molecule has 106 valence electrons. The number of hydrogen-bond acceptors (Lipinski definition) is 2. The summed E-state index contributed by atoms with van der Waals surface area (Å²) < 4.78 is 13.3. The third-order valence-corrected chi connectivity index (χ3v) is 4.13. The van der Waals surface area contributed by atoms with Gasteiger partial charge in [-0.05, 0) is 68.0 Å². The maximum Gasteiger partial charge on any atom is 0.123 e. The number of nitrogens with one attached hydrogen (secondary N) is 2. The Kier molecular flexibility index (Phi) is 3.83. The van der Waals surface area contributed by atoms with Crippen LogP contribution in [0.25, 0.3) is 0 Å². The van der Waals surface area contributed by atoms with Crippen LogP contribution in [0, 0.1) is 12.7 Å². The Balaban J connectivity index is 1.51. The largest absolute Gasteiger partial charge is 0.310 e. The Morgan fingerprint density at radius 1 is 1.45 bits per heavy atom. The molecule has 3 rings (SSSR count). The highest BCUT2D eigenvalue weighted by Crippen LogP contribution is 2.31. The first-order valence-corrected chi connectivity index (χ1v) is 7.24. The molecule has 20 heavy (non-hydrogen) atoms. The van der Waals surface area contributed by atoms with E-state index in [1.165, 1.54) is 11.1 Å². The van der Waals surface area contributed by atoms with Crippen molar-refractivity contribution in [2.75, 3.05) is 6.54 Å². The molecule has 0 saturated heterocycles. The van der Waals surface area contributed by atoms with E-state index in [2.05, 4.69) is 15.5 Å². The van der Waals surface area contributed by atoms with E-state index in [1.807, 2.05) is 19.2 Å². The van der Waals surface area contributed by atoms with Crippen molar-refractivity contribution < 1.29 is 4.39 Å². The number of halogens is 1. The molecule has 1 aliphatic carbocycles. The lowest BCUT2D eigenvalue weighted by molar-refractivity contribution is 0.517. The summed E-state index contributed by atoms with van der Waals surface area (Å²) in [7, 11) is 0. The van der Waals surface area contributed by atoms with Gasteiger partial charge < -0.3 is 5.32 Å². The van der Waals surface area contributed by atoms with E-state index in [0.717, 1.165) is 43.5 Å². The number of nitrogens with zero attached hydrogens (tertiary/aromatic N) is 1. The van der Waals surface area contributed by atoms with Gasteiger partial charge in [-0.1, -0.05) is 6.07 Å². The minimum Gasteiger partial charge on any atom is -0.310 e. The quantitative estimate of drug-likeness (QED) is 0.822. The zero-order valence-corrected chi connectivity index (χ0v) is 11.7. The van der Waals surface area contributed by atoms with E-state index in [4.69, 9.17) is 0 Å². The topological polar surface area (TPSA) is 40.7 Å². The SMILES string of the molecule is Cc1[nH]ncc1CCCN[C@H]1CCc2ccc(F)cc21. The summed E-state index contributed by atoms with van der Waals surface area (Å²) in [6.45, 7) is 3.00. The molecule has 0 aliphatic heterocycles. The molecule has 2 aromatic rings. The standard InChI is InChI=1S/C16H20FN3/c1-11-13(10-19-20-11)3-2-8-18-16-7-5-12-4-6-14(17)9-15(12)16/h4,6,9-10,16,18H,2-3,5,7-8H2,1H3,(H,19,20)/t16-/m0/s1. The average Bonchev–Trinajstić information content (AvgIpc) is 3.01. The molecule has 1 atom stereocenters. The zero-order valence-electron chi connectivity index (χ0n) is 11.7. The van der Waals surface area contributed by atoms with Crippen molar-refractivity contribution in [2.24, 2.45) is 0 Å². The summed E-state index contributed by atoms with van der Waals surface area (Å²) in [4.78, 5) is 0. The molecule has 1 aromatic heterocycles. The summed E-state index contributed by atoms with van der Waals surface area (Å²) in [6.07, 6.45) is 6.12. The predicted molar refractivity (Wildman–Crippen MR) is 77.1 cm³/mol.